The third-order valence-corrected chi connectivity index (χ3v) is 10.8. The molecule has 0 bridgehead atoms. The standard InChI is InChI=1S/C23H23N5O6.C23H25N5O4/c1-32-23(29)21-22(24)26-12-18(27-21)14-3-2-4-17(11-14)33-15-5-7-16(8-6-15)34-20-9-10-25-13-19(20)28(30)31;1-30-23(29)21-22(25)27-13-19(28-21)14-3-2-4-17(11-14)31-15-5-7-16(8-6-15)32-20-9-10-26-12-18(20)24/h2-4,9-13,15-16H,5-8H2,1H3,(H2,24,26);2-4,9-13,15-16H,5-8,24H2,1H3,(H2,25,27). The normalized spacial score (nSPS) is 17.8. The van der Waals surface area contributed by atoms with Crippen LogP contribution in [0.1, 0.15) is 72.3 Å². The maximum absolute atomic E-state index is 11.9. The predicted molar refractivity (Wildman–Crippen MR) is 241 cm³/mol. The fourth-order valence-corrected chi connectivity index (χ4v) is 7.42. The second-order valence-electron chi connectivity index (χ2n) is 15.3. The van der Waals surface area contributed by atoms with Gasteiger partial charge in [0.2, 0.25) is 5.75 Å². The van der Waals surface area contributed by atoms with E-state index < -0.39 is 16.9 Å². The molecule has 20 heteroatoms. The molecular formula is C46H48N10O10. The fraction of sp³-hybridized carbons (Fsp3) is 0.304. The minimum absolute atomic E-state index is 0.000851. The highest BCUT2D eigenvalue weighted by molar-refractivity contribution is 5.93. The molecular weight excluding hydrogens is 853 g/mol. The van der Waals surface area contributed by atoms with Crippen molar-refractivity contribution < 1.29 is 42.9 Å². The third-order valence-electron chi connectivity index (χ3n) is 10.8. The summed E-state index contributed by atoms with van der Waals surface area (Å²) in [4.78, 5) is 58.9. The fourth-order valence-electron chi connectivity index (χ4n) is 7.42. The van der Waals surface area contributed by atoms with Crippen LogP contribution in [0.15, 0.2) is 97.8 Å². The van der Waals surface area contributed by atoms with Crippen molar-refractivity contribution in [1.29, 1.82) is 0 Å². The summed E-state index contributed by atoms with van der Waals surface area (Å²) in [5, 5.41) is 11.2. The van der Waals surface area contributed by atoms with Gasteiger partial charge < -0.3 is 45.6 Å². The van der Waals surface area contributed by atoms with Gasteiger partial charge in [0.15, 0.2) is 23.0 Å². The predicted octanol–water partition coefficient (Wildman–Crippen LogP) is 6.84. The number of nitrogen functional groups attached to an aromatic ring is 3. The first-order chi connectivity index (χ1) is 32.0. The molecule has 8 rings (SSSR count). The molecule has 4 aromatic heterocycles. The number of nitrogens with zero attached hydrogens (tertiary/aromatic N) is 7. The van der Waals surface area contributed by atoms with Crippen LogP contribution in [-0.4, -0.2) is 85.4 Å². The molecule has 6 aromatic rings. The van der Waals surface area contributed by atoms with Gasteiger partial charge in [0.1, 0.15) is 23.4 Å². The molecule has 0 unspecified atom stereocenters. The van der Waals surface area contributed by atoms with Crippen molar-refractivity contribution in [3.05, 3.63) is 119 Å². The van der Waals surface area contributed by atoms with Crippen molar-refractivity contribution in [2.24, 2.45) is 0 Å². The molecule has 0 atom stereocenters. The molecule has 2 fully saturated rings. The summed E-state index contributed by atoms with van der Waals surface area (Å²) in [5.41, 5.74) is 20.2. The Balaban J connectivity index is 0.000000197. The highest BCUT2D eigenvalue weighted by Gasteiger charge is 2.27. The number of nitro groups is 1. The molecule has 0 spiro atoms. The number of methoxy groups -OCH3 is 2. The lowest BCUT2D eigenvalue weighted by atomic mass is 9.95. The van der Waals surface area contributed by atoms with E-state index in [2.05, 4.69) is 29.9 Å². The van der Waals surface area contributed by atoms with Crippen molar-refractivity contribution >= 4 is 34.9 Å². The number of aromatic nitrogens is 6. The Hall–Kier alpha value is -8.16. The summed E-state index contributed by atoms with van der Waals surface area (Å²) in [7, 11) is 2.53. The number of benzene rings is 2. The van der Waals surface area contributed by atoms with Crippen LogP contribution < -0.4 is 36.1 Å². The third kappa shape index (κ3) is 11.7. The summed E-state index contributed by atoms with van der Waals surface area (Å²) >= 11 is 0. The van der Waals surface area contributed by atoms with Gasteiger partial charge in [-0.15, -0.1) is 0 Å². The van der Waals surface area contributed by atoms with E-state index in [9.17, 15) is 19.7 Å². The van der Waals surface area contributed by atoms with Gasteiger partial charge in [-0.05, 0) is 75.6 Å². The van der Waals surface area contributed by atoms with Gasteiger partial charge in [0.05, 0.1) is 79.2 Å². The van der Waals surface area contributed by atoms with Crippen LogP contribution in [0.2, 0.25) is 0 Å². The Morgan fingerprint density at radius 1 is 0.591 bits per heavy atom. The van der Waals surface area contributed by atoms with Gasteiger partial charge in [-0.3, -0.25) is 20.1 Å². The summed E-state index contributed by atoms with van der Waals surface area (Å²) in [5.74, 6) is 1.03. The van der Waals surface area contributed by atoms with Crippen LogP contribution in [0.4, 0.5) is 23.0 Å². The second-order valence-corrected chi connectivity index (χ2v) is 15.3. The highest BCUT2D eigenvalue weighted by Crippen LogP contribution is 2.33. The van der Waals surface area contributed by atoms with Gasteiger partial charge >= 0.3 is 17.6 Å². The maximum atomic E-state index is 11.9. The largest absolute Gasteiger partial charge is 0.490 e. The summed E-state index contributed by atoms with van der Waals surface area (Å²) in [6.07, 6.45) is 15.4. The quantitative estimate of drug-likeness (QED) is 0.0607. The van der Waals surface area contributed by atoms with Crippen LogP contribution in [0.3, 0.4) is 0 Å². The molecule has 66 heavy (non-hydrogen) atoms. The monoisotopic (exact) mass is 900 g/mol. The van der Waals surface area contributed by atoms with E-state index in [1.165, 1.54) is 45.1 Å². The second kappa shape index (κ2) is 21.5. The first-order valence-electron chi connectivity index (χ1n) is 21.0. The van der Waals surface area contributed by atoms with Crippen molar-refractivity contribution in [2.45, 2.75) is 75.8 Å². The minimum atomic E-state index is -0.657. The molecule has 2 aromatic carbocycles. The lowest BCUT2D eigenvalue weighted by Gasteiger charge is -2.29. The van der Waals surface area contributed by atoms with E-state index in [4.69, 9.17) is 45.6 Å². The molecule has 0 amide bonds. The lowest BCUT2D eigenvalue weighted by Crippen LogP contribution is -2.30. The summed E-state index contributed by atoms with van der Waals surface area (Å²) in [6.45, 7) is 0. The summed E-state index contributed by atoms with van der Waals surface area (Å²) < 4.78 is 33.7. The van der Waals surface area contributed by atoms with Crippen LogP contribution in [0.25, 0.3) is 22.5 Å². The van der Waals surface area contributed by atoms with Crippen LogP contribution in [0, 0.1) is 10.1 Å². The number of nitrogens with two attached hydrogens (primary N) is 3. The number of hydrogen-bond donors (Lipinski definition) is 3. The maximum Gasteiger partial charge on any atom is 0.360 e. The first kappa shape index (κ1) is 45.9. The van der Waals surface area contributed by atoms with E-state index in [-0.39, 0.29) is 58.9 Å². The number of carbonyl (C=O) groups is 2. The van der Waals surface area contributed by atoms with Gasteiger partial charge in [-0.1, -0.05) is 24.3 Å². The molecule has 2 aliphatic rings. The van der Waals surface area contributed by atoms with Crippen molar-refractivity contribution in [2.75, 3.05) is 31.4 Å². The number of hydrogen-bond acceptors (Lipinski definition) is 19. The Morgan fingerprint density at radius 3 is 1.45 bits per heavy atom. The Morgan fingerprint density at radius 2 is 1.02 bits per heavy atom. The molecule has 6 N–H and O–H groups in total. The van der Waals surface area contributed by atoms with Crippen LogP contribution in [0.5, 0.6) is 23.0 Å². The Labute approximate surface area is 379 Å². The SMILES string of the molecule is COC(=O)c1nc(-c2cccc(OC3CCC(Oc4ccncc4N)CC3)c2)cnc1N.COC(=O)c1nc(-c2cccc(OC3CCC(Oc4ccncc4[N+](=O)[O-])CC3)c2)cnc1N. The molecule has 2 saturated carbocycles. The van der Waals surface area contributed by atoms with Gasteiger partial charge in [0.25, 0.3) is 0 Å². The number of pyridine rings is 2. The van der Waals surface area contributed by atoms with Gasteiger partial charge in [-0.2, -0.15) is 0 Å². The van der Waals surface area contributed by atoms with Gasteiger partial charge in [0, 0.05) is 35.7 Å². The number of esters is 2. The molecule has 4 heterocycles. The lowest BCUT2D eigenvalue weighted by molar-refractivity contribution is -0.386. The Bertz CT molecular complexity index is 2660. The number of rotatable bonds is 13. The molecule has 0 radical (unpaired) electrons. The van der Waals surface area contributed by atoms with E-state index in [0.29, 0.717) is 41.4 Å². The Kier molecular flexibility index (Phi) is 14.9. The topological polar surface area (TPSA) is 288 Å². The number of anilines is 3. The van der Waals surface area contributed by atoms with Crippen molar-refractivity contribution in [3.8, 4) is 45.5 Å². The zero-order chi connectivity index (χ0) is 46.6. The number of carbonyl (C=O) groups excluding carboxylic acids is 2. The van der Waals surface area contributed by atoms with E-state index in [1.807, 2.05) is 48.5 Å². The molecule has 2 aliphatic carbocycles. The smallest absolute Gasteiger partial charge is 0.360 e. The minimum Gasteiger partial charge on any atom is -0.490 e. The van der Waals surface area contributed by atoms with Crippen molar-refractivity contribution in [3.63, 3.8) is 0 Å². The molecule has 20 nitrogen and oxygen atoms in total. The zero-order valence-electron chi connectivity index (χ0n) is 36.1. The van der Waals surface area contributed by atoms with Gasteiger partial charge in [-0.25, -0.2) is 29.5 Å². The van der Waals surface area contributed by atoms with E-state index >= 15 is 0 Å². The van der Waals surface area contributed by atoms with Crippen LogP contribution in [-0.2, 0) is 9.47 Å². The van der Waals surface area contributed by atoms with Crippen LogP contribution >= 0.6 is 0 Å². The zero-order valence-corrected chi connectivity index (χ0v) is 36.1. The average molecular weight is 901 g/mol. The molecule has 342 valence electrons. The summed E-state index contributed by atoms with van der Waals surface area (Å²) in [6, 6.07) is 18.2. The molecule has 0 saturated heterocycles. The van der Waals surface area contributed by atoms with E-state index in [1.54, 1.807) is 18.5 Å². The highest BCUT2D eigenvalue weighted by atomic mass is 16.6. The molecule has 0 aliphatic heterocycles. The van der Waals surface area contributed by atoms with Crippen molar-refractivity contribution in [1.82, 2.24) is 29.9 Å². The first-order valence-corrected chi connectivity index (χ1v) is 21.0. The average Bonchev–Trinajstić information content (AvgIpc) is 3.34. The number of ether oxygens (including phenoxy) is 6. The van der Waals surface area contributed by atoms with E-state index in [0.717, 1.165) is 55.4 Å².